The van der Waals surface area contributed by atoms with Crippen molar-refractivity contribution in [2.45, 2.75) is 24.5 Å². The van der Waals surface area contributed by atoms with E-state index < -0.39 is 10.0 Å². The van der Waals surface area contributed by atoms with Crippen molar-refractivity contribution in [2.75, 3.05) is 26.7 Å². The summed E-state index contributed by atoms with van der Waals surface area (Å²) >= 11 is 0. The minimum absolute atomic E-state index is 0.0168. The number of carbonyl (C=O) groups excluding carboxylic acids is 1. The third kappa shape index (κ3) is 3.02. The van der Waals surface area contributed by atoms with E-state index >= 15 is 0 Å². The van der Waals surface area contributed by atoms with Crippen molar-refractivity contribution in [3.63, 3.8) is 0 Å². The summed E-state index contributed by atoms with van der Waals surface area (Å²) in [5.74, 6) is -0.292. The Morgan fingerprint density at radius 3 is 2.90 bits per heavy atom. The molecule has 0 aliphatic carbocycles. The molecule has 0 saturated carbocycles. The van der Waals surface area contributed by atoms with Gasteiger partial charge in [-0.1, -0.05) is 6.92 Å². The van der Waals surface area contributed by atoms with Gasteiger partial charge in [0.1, 0.15) is 0 Å². The number of hydrogen-bond donors (Lipinski definition) is 1. The molecule has 20 heavy (non-hydrogen) atoms. The molecule has 0 aromatic carbocycles. The normalized spacial score (nSPS) is 20.1. The highest BCUT2D eigenvalue weighted by atomic mass is 32.2. The molecule has 0 bridgehead atoms. The molecule has 1 aromatic heterocycles. The summed E-state index contributed by atoms with van der Waals surface area (Å²) in [4.78, 5) is 13.9. The van der Waals surface area contributed by atoms with Crippen LogP contribution < -0.4 is 4.72 Å². The van der Waals surface area contributed by atoms with E-state index in [9.17, 15) is 13.2 Å². The Bertz CT molecular complexity index is 580. The quantitative estimate of drug-likeness (QED) is 0.871. The summed E-state index contributed by atoms with van der Waals surface area (Å²) in [6.07, 6.45) is 0.838. The average molecular weight is 302 g/mol. The van der Waals surface area contributed by atoms with Crippen LogP contribution >= 0.6 is 0 Å². The third-order valence-corrected chi connectivity index (χ3v) is 4.49. The highest BCUT2D eigenvalue weighted by molar-refractivity contribution is 7.89. The molecule has 1 aliphatic heterocycles. The number of amides is 1. The molecule has 1 N–H and O–H groups in total. The van der Waals surface area contributed by atoms with Gasteiger partial charge < -0.3 is 14.1 Å². The topological polar surface area (TPSA) is 88.9 Å². The molecular formula is C12H18N2O5S. The van der Waals surface area contributed by atoms with Crippen LogP contribution in [0.5, 0.6) is 0 Å². The first kappa shape index (κ1) is 15.0. The number of sulfonamides is 1. The van der Waals surface area contributed by atoms with Crippen LogP contribution in [0, 0.1) is 0 Å². The lowest BCUT2D eigenvalue weighted by Crippen LogP contribution is -2.45. The monoisotopic (exact) mass is 302 g/mol. The molecule has 2 heterocycles. The van der Waals surface area contributed by atoms with E-state index in [0.717, 1.165) is 6.42 Å². The molecule has 8 heteroatoms. The zero-order valence-electron chi connectivity index (χ0n) is 11.5. The van der Waals surface area contributed by atoms with E-state index in [1.165, 1.54) is 19.2 Å². The van der Waals surface area contributed by atoms with Crippen LogP contribution in [0.1, 0.15) is 23.9 Å². The van der Waals surface area contributed by atoms with E-state index in [1.807, 2.05) is 6.92 Å². The van der Waals surface area contributed by atoms with Gasteiger partial charge in [0.25, 0.3) is 15.9 Å². The lowest BCUT2D eigenvalue weighted by molar-refractivity contribution is -0.0236. The summed E-state index contributed by atoms with van der Waals surface area (Å²) in [5, 5.41) is -0.261. The number of ether oxygens (including phenoxy) is 1. The molecule has 1 amide bonds. The number of nitrogens with one attached hydrogen (secondary N) is 1. The standard InChI is InChI=1S/C12H18N2O5S/c1-3-9-8-14(6-7-18-9)12(15)10-4-5-11(19-10)20(16,17)13-2/h4-5,9,13H,3,6-8H2,1-2H3/t9-/m1/s1. The van der Waals surface area contributed by atoms with Gasteiger partial charge in [-0.05, 0) is 25.6 Å². The maximum absolute atomic E-state index is 12.3. The van der Waals surface area contributed by atoms with Crippen LogP contribution in [0.15, 0.2) is 21.6 Å². The number of furan rings is 1. The molecule has 1 aromatic rings. The third-order valence-electron chi connectivity index (χ3n) is 3.21. The Labute approximate surface area is 117 Å². The van der Waals surface area contributed by atoms with E-state index in [4.69, 9.17) is 9.15 Å². The first-order valence-electron chi connectivity index (χ1n) is 6.42. The van der Waals surface area contributed by atoms with Crippen molar-refractivity contribution in [3.8, 4) is 0 Å². The molecule has 112 valence electrons. The van der Waals surface area contributed by atoms with Gasteiger partial charge >= 0.3 is 0 Å². The maximum atomic E-state index is 12.3. The summed E-state index contributed by atoms with van der Waals surface area (Å²) in [6, 6.07) is 2.65. The Kier molecular flexibility index (Phi) is 4.46. The molecule has 0 spiro atoms. The fourth-order valence-electron chi connectivity index (χ4n) is 1.99. The van der Waals surface area contributed by atoms with Crippen molar-refractivity contribution in [1.29, 1.82) is 0 Å². The molecule has 1 atom stereocenters. The van der Waals surface area contributed by atoms with Crippen molar-refractivity contribution >= 4 is 15.9 Å². The van der Waals surface area contributed by atoms with Crippen LogP contribution in [-0.2, 0) is 14.8 Å². The van der Waals surface area contributed by atoms with Crippen LogP contribution in [0.25, 0.3) is 0 Å². The average Bonchev–Trinajstić information content (AvgIpc) is 2.97. The largest absolute Gasteiger partial charge is 0.438 e. The van der Waals surface area contributed by atoms with Gasteiger partial charge in [-0.25, -0.2) is 13.1 Å². The number of hydrogen-bond acceptors (Lipinski definition) is 5. The number of carbonyl (C=O) groups is 1. The first-order chi connectivity index (χ1) is 9.47. The highest BCUT2D eigenvalue weighted by Crippen LogP contribution is 2.17. The van der Waals surface area contributed by atoms with E-state index in [1.54, 1.807) is 4.90 Å². The van der Waals surface area contributed by atoms with Gasteiger partial charge in [-0.2, -0.15) is 0 Å². The zero-order valence-corrected chi connectivity index (χ0v) is 12.3. The second-order valence-corrected chi connectivity index (χ2v) is 6.30. The van der Waals surface area contributed by atoms with Gasteiger partial charge in [0.15, 0.2) is 5.76 Å². The Morgan fingerprint density at radius 2 is 2.25 bits per heavy atom. The van der Waals surface area contributed by atoms with Crippen molar-refractivity contribution < 1.29 is 22.4 Å². The first-order valence-corrected chi connectivity index (χ1v) is 7.90. The minimum atomic E-state index is -3.67. The van der Waals surface area contributed by atoms with Gasteiger partial charge in [-0.15, -0.1) is 0 Å². The lowest BCUT2D eigenvalue weighted by Gasteiger charge is -2.31. The summed E-state index contributed by atoms with van der Waals surface area (Å²) in [5.41, 5.74) is 0. The second-order valence-electron chi connectivity index (χ2n) is 4.48. The van der Waals surface area contributed by atoms with Gasteiger partial charge in [0.2, 0.25) is 5.09 Å². The van der Waals surface area contributed by atoms with Crippen LogP contribution in [0.4, 0.5) is 0 Å². The van der Waals surface area contributed by atoms with Gasteiger partial charge in [0, 0.05) is 13.1 Å². The van der Waals surface area contributed by atoms with Gasteiger partial charge in [-0.3, -0.25) is 4.79 Å². The van der Waals surface area contributed by atoms with Crippen molar-refractivity contribution in [1.82, 2.24) is 9.62 Å². The van der Waals surface area contributed by atoms with E-state index in [0.29, 0.717) is 19.7 Å². The summed E-state index contributed by atoms with van der Waals surface area (Å²) < 4.78 is 35.9. The fourth-order valence-corrected chi connectivity index (χ4v) is 2.63. The maximum Gasteiger partial charge on any atom is 0.289 e. The Hall–Kier alpha value is -1.38. The smallest absolute Gasteiger partial charge is 0.289 e. The highest BCUT2D eigenvalue weighted by Gasteiger charge is 2.27. The van der Waals surface area contributed by atoms with E-state index in [2.05, 4.69) is 4.72 Å². The number of morpholine rings is 1. The molecule has 2 rings (SSSR count). The zero-order chi connectivity index (χ0) is 14.8. The predicted molar refractivity (Wildman–Crippen MR) is 70.9 cm³/mol. The molecule has 1 aliphatic rings. The Morgan fingerprint density at radius 1 is 1.50 bits per heavy atom. The van der Waals surface area contributed by atoms with Gasteiger partial charge in [0.05, 0.1) is 12.7 Å². The van der Waals surface area contributed by atoms with Crippen molar-refractivity contribution in [3.05, 3.63) is 17.9 Å². The van der Waals surface area contributed by atoms with Crippen LogP contribution in [0.2, 0.25) is 0 Å². The predicted octanol–water partition coefficient (Wildman–Crippen LogP) is 0.439. The van der Waals surface area contributed by atoms with Crippen LogP contribution in [0.3, 0.4) is 0 Å². The number of rotatable bonds is 4. The summed E-state index contributed by atoms with van der Waals surface area (Å²) in [6.45, 7) is 3.43. The minimum Gasteiger partial charge on any atom is -0.438 e. The molecule has 0 unspecified atom stereocenters. The molecule has 1 fully saturated rings. The SMILES string of the molecule is CC[C@@H]1CN(C(=O)c2ccc(S(=O)(=O)NC)o2)CCO1. The molecule has 1 saturated heterocycles. The molecular weight excluding hydrogens is 284 g/mol. The van der Waals surface area contributed by atoms with Crippen molar-refractivity contribution in [2.24, 2.45) is 0 Å². The second kappa shape index (κ2) is 5.94. The fraction of sp³-hybridized carbons (Fsp3) is 0.583. The van der Waals surface area contributed by atoms with E-state index in [-0.39, 0.29) is 22.9 Å². The lowest BCUT2D eigenvalue weighted by atomic mass is 10.2. The van der Waals surface area contributed by atoms with Crippen LogP contribution in [-0.4, -0.2) is 52.1 Å². The Balaban J connectivity index is 2.14. The number of nitrogens with zero attached hydrogens (tertiary/aromatic N) is 1. The molecule has 7 nitrogen and oxygen atoms in total. The summed E-state index contributed by atoms with van der Waals surface area (Å²) in [7, 11) is -2.38. The molecule has 0 radical (unpaired) electrons.